The van der Waals surface area contributed by atoms with Crippen molar-refractivity contribution in [2.45, 2.75) is 12.3 Å². The summed E-state index contributed by atoms with van der Waals surface area (Å²) in [6.07, 6.45) is 0. The molecule has 1 aromatic carbocycles. The van der Waals surface area contributed by atoms with Gasteiger partial charge in [0.2, 0.25) is 0 Å². The van der Waals surface area contributed by atoms with Crippen molar-refractivity contribution >= 4 is 38.9 Å². The molecule has 1 aromatic heterocycles. The summed E-state index contributed by atoms with van der Waals surface area (Å²) in [7, 11) is 3.24. The van der Waals surface area contributed by atoms with E-state index in [4.69, 9.17) is 21.1 Å². The molecule has 0 N–H and O–H groups in total. The maximum Gasteiger partial charge on any atom is 0.161 e. The largest absolute Gasteiger partial charge is 0.493 e. The molecular formula is C14H14BrClO2S. The standard InChI is InChI=1S/C14H14BrClO2S/c1-8-10(7-13(15)19-8)14(16)9-4-5-11(17-2)12(6-9)18-3/h4-7,14H,1-3H3. The molecule has 0 aliphatic heterocycles. The van der Waals surface area contributed by atoms with Crippen LogP contribution in [0.3, 0.4) is 0 Å². The number of aryl methyl sites for hydroxylation is 1. The highest BCUT2D eigenvalue weighted by molar-refractivity contribution is 9.11. The molecule has 0 radical (unpaired) electrons. The van der Waals surface area contributed by atoms with Crippen molar-refractivity contribution in [1.82, 2.24) is 0 Å². The first-order valence-corrected chi connectivity index (χ1v) is 7.73. The summed E-state index contributed by atoms with van der Waals surface area (Å²) in [6.45, 7) is 2.07. The molecule has 1 heterocycles. The third-order valence-electron chi connectivity index (χ3n) is 2.90. The topological polar surface area (TPSA) is 18.5 Å². The minimum absolute atomic E-state index is 0.192. The van der Waals surface area contributed by atoms with E-state index in [1.54, 1.807) is 25.6 Å². The van der Waals surface area contributed by atoms with Crippen molar-refractivity contribution in [2.75, 3.05) is 14.2 Å². The predicted octanol–water partition coefficient (Wildman–Crippen LogP) is 5.16. The number of hydrogen-bond donors (Lipinski definition) is 0. The second-order valence-corrected chi connectivity index (χ2v) is 7.11. The zero-order valence-electron chi connectivity index (χ0n) is 10.9. The summed E-state index contributed by atoms with van der Waals surface area (Å²) in [5.74, 6) is 1.40. The Bertz CT molecular complexity index is 583. The molecule has 0 saturated heterocycles. The molecule has 1 atom stereocenters. The summed E-state index contributed by atoms with van der Waals surface area (Å²) in [5, 5.41) is -0.192. The first kappa shape index (κ1) is 14.7. The van der Waals surface area contributed by atoms with Gasteiger partial charge in [-0.2, -0.15) is 0 Å². The lowest BCUT2D eigenvalue weighted by atomic mass is 10.0. The molecule has 1 unspecified atom stereocenters. The Hall–Kier alpha value is -0.710. The van der Waals surface area contributed by atoms with Gasteiger partial charge < -0.3 is 9.47 Å². The van der Waals surface area contributed by atoms with E-state index >= 15 is 0 Å². The number of benzene rings is 1. The van der Waals surface area contributed by atoms with Crippen LogP contribution in [0.25, 0.3) is 0 Å². The van der Waals surface area contributed by atoms with Gasteiger partial charge in [-0.05, 0) is 52.2 Å². The summed E-state index contributed by atoms with van der Waals surface area (Å²) < 4.78 is 11.6. The third-order valence-corrected chi connectivity index (χ3v) is 4.96. The Morgan fingerprint density at radius 1 is 1.16 bits per heavy atom. The molecule has 0 fully saturated rings. The Morgan fingerprint density at radius 3 is 2.37 bits per heavy atom. The second kappa shape index (κ2) is 6.16. The highest BCUT2D eigenvalue weighted by Gasteiger charge is 2.17. The van der Waals surface area contributed by atoms with Crippen LogP contribution in [0.15, 0.2) is 28.1 Å². The molecule has 2 rings (SSSR count). The molecule has 2 aromatic rings. The maximum absolute atomic E-state index is 6.56. The first-order valence-electron chi connectivity index (χ1n) is 5.68. The van der Waals surface area contributed by atoms with E-state index in [2.05, 4.69) is 28.9 Å². The molecule has 19 heavy (non-hydrogen) atoms. The highest BCUT2D eigenvalue weighted by atomic mass is 79.9. The first-order chi connectivity index (χ1) is 9.06. The average Bonchev–Trinajstić information content (AvgIpc) is 2.76. The van der Waals surface area contributed by atoms with Crippen molar-refractivity contribution in [2.24, 2.45) is 0 Å². The van der Waals surface area contributed by atoms with E-state index in [1.807, 2.05) is 18.2 Å². The number of thiophene rings is 1. The van der Waals surface area contributed by atoms with Gasteiger partial charge in [-0.25, -0.2) is 0 Å². The summed E-state index contributed by atoms with van der Waals surface area (Å²) in [5.41, 5.74) is 2.11. The Balaban J connectivity index is 2.39. The number of halogens is 2. The third kappa shape index (κ3) is 3.07. The lowest BCUT2D eigenvalue weighted by Crippen LogP contribution is -1.96. The van der Waals surface area contributed by atoms with E-state index in [9.17, 15) is 0 Å². The van der Waals surface area contributed by atoms with Crippen molar-refractivity contribution in [3.63, 3.8) is 0 Å². The molecule has 2 nitrogen and oxygen atoms in total. The van der Waals surface area contributed by atoms with E-state index in [1.165, 1.54) is 4.88 Å². The number of rotatable bonds is 4. The van der Waals surface area contributed by atoms with Gasteiger partial charge in [-0.15, -0.1) is 22.9 Å². The summed E-state index contributed by atoms with van der Waals surface area (Å²) in [4.78, 5) is 1.21. The molecule has 0 amide bonds. The lowest BCUT2D eigenvalue weighted by Gasteiger charge is -2.13. The highest BCUT2D eigenvalue weighted by Crippen LogP contribution is 2.39. The van der Waals surface area contributed by atoms with Gasteiger partial charge in [0.1, 0.15) is 0 Å². The number of alkyl halides is 1. The van der Waals surface area contributed by atoms with Crippen molar-refractivity contribution in [1.29, 1.82) is 0 Å². The van der Waals surface area contributed by atoms with Gasteiger partial charge in [-0.1, -0.05) is 6.07 Å². The van der Waals surface area contributed by atoms with E-state index in [-0.39, 0.29) is 5.38 Å². The summed E-state index contributed by atoms with van der Waals surface area (Å²) in [6, 6.07) is 7.82. The van der Waals surface area contributed by atoms with E-state index in [0.717, 1.165) is 14.9 Å². The Morgan fingerprint density at radius 2 is 1.84 bits per heavy atom. The van der Waals surface area contributed by atoms with Crippen LogP contribution >= 0.6 is 38.9 Å². The molecule has 5 heteroatoms. The zero-order chi connectivity index (χ0) is 14.0. The van der Waals surface area contributed by atoms with E-state index < -0.39 is 0 Å². The van der Waals surface area contributed by atoms with Crippen LogP contribution in [0.1, 0.15) is 21.4 Å². The molecule has 0 aliphatic carbocycles. The lowest BCUT2D eigenvalue weighted by molar-refractivity contribution is 0.354. The number of methoxy groups -OCH3 is 2. The van der Waals surface area contributed by atoms with E-state index in [0.29, 0.717) is 11.5 Å². The van der Waals surface area contributed by atoms with Gasteiger partial charge in [-0.3, -0.25) is 0 Å². The van der Waals surface area contributed by atoms with Crippen LogP contribution in [0.4, 0.5) is 0 Å². The Labute approximate surface area is 130 Å². The Kier molecular flexibility index (Phi) is 4.76. The van der Waals surface area contributed by atoms with Gasteiger partial charge in [0.15, 0.2) is 11.5 Å². The molecule has 0 aliphatic rings. The summed E-state index contributed by atoms with van der Waals surface area (Å²) >= 11 is 11.7. The zero-order valence-corrected chi connectivity index (χ0v) is 14.0. The molecular weight excluding hydrogens is 348 g/mol. The second-order valence-electron chi connectivity index (χ2n) is 4.04. The molecule has 102 valence electrons. The minimum atomic E-state index is -0.192. The van der Waals surface area contributed by atoms with Crippen molar-refractivity contribution in [3.05, 3.63) is 44.1 Å². The maximum atomic E-state index is 6.56. The van der Waals surface area contributed by atoms with Gasteiger partial charge in [0, 0.05) is 4.88 Å². The fraction of sp³-hybridized carbons (Fsp3) is 0.286. The number of ether oxygens (including phenoxy) is 2. The van der Waals surface area contributed by atoms with Gasteiger partial charge >= 0.3 is 0 Å². The van der Waals surface area contributed by atoms with Gasteiger partial charge in [0.25, 0.3) is 0 Å². The smallest absolute Gasteiger partial charge is 0.161 e. The van der Waals surface area contributed by atoms with Crippen LogP contribution in [0.5, 0.6) is 11.5 Å². The molecule has 0 spiro atoms. The van der Waals surface area contributed by atoms with Crippen molar-refractivity contribution in [3.8, 4) is 11.5 Å². The average molecular weight is 362 g/mol. The minimum Gasteiger partial charge on any atom is -0.493 e. The van der Waals surface area contributed by atoms with Crippen LogP contribution in [0.2, 0.25) is 0 Å². The van der Waals surface area contributed by atoms with Crippen LogP contribution in [0, 0.1) is 6.92 Å². The van der Waals surface area contributed by atoms with Crippen LogP contribution in [-0.2, 0) is 0 Å². The fourth-order valence-electron chi connectivity index (χ4n) is 1.90. The van der Waals surface area contributed by atoms with Gasteiger partial charge in [0.05, 0.1) is 23.4 Å². The predicted molar refractivity (Wildman–Crippen MR) is 84.0 cm³/mol. The van der Waals surface area contributed by atoms with Crippen LogP contribution in [-0.4, -0.2) is 14.2 Å². The normalized spacial score (nSPS) is 12.3. The SMILES string of the molecule is COc1ccc(C(Cl)c2cc(Br)sc2C)cc1OC. The molecule has 0 bridgehead atoms. The fourth-order valence-corrected chi connectivity index (χ4v) is 4.08. The van der Waals surface area contributed by atoms with Crippen molar-refractivity contribution < 1.29 is 9.47 Å². The quantitative estimate of drug-likeness (QED) is 0.700. The number of hydrogen-bond acceptors (Lipinski definition) is 3. The molecule has 0 saturated carbocycles. The van der Waals surface area contributed by atoms with Crippen LogP contribution < -0.4 is 9.47 Å². The monoisotopic (exact) mass is 360 g/mol.